The summed E-state index contributed by atoms with van der Waals surface area (Å²) >= 11 is 0. The number of halogens is 2. The molecular weight excluding hydrogens is 338 g/mol. The van der Waals surface area contributed by atoms with Gasteiger partial charge in [0.2, 0.25) is 0 Å². The van der Waals surface area contributed by atoms with E-state index >= 15 is 0 Å². The highest BCUT2D eigenvalue weighted by Crippen LogP contribution is 2.14. The Balaban J connectivity index is 1.61. The number of benzene rings is 2. The summed E-state index contributed by atoms with van der Waals surface area (Å²) in [5, 5.41) is 5.56. The molecule has 3 rings (SSSR count). The molecule has 0 spiro atoms. The van der Waals surface area contributed by atoms with Crippen LogP contribution in [0.5, 0.6) is 0 Å². The molecule has 0 aliphatic carbocycles. The minimum atomic E-state index is -1.04. The van der Waals surface area contributed by atoms with Gasteiger partial charge in [0, 0.05) is 18.3 Å². The molecule has 0 bridgehead atoms. The Bertz CT molecular complexity index is 929. The Morgan fingerprint density at radius 3 is 2.58 bits per heavy atom. The second kappa shape index (κ2) is 7.69. The predicted molar refractivity (Wildman–Crippen MR) is 94.8 cm³/mol. The summed E-state index contributed by atoms with van der Waals surface area (Å²) in [4.78, 5) is 20.3. The molecule has 0 saturated carbocycles. The van der Waals surface area contributed by atoms with E-state index in [1.807, 2.05) is 25.1 Å². The molecule has 1 aromatic heterocycles. The van der Waals surface area contributed by atoms with Crippen LogP contribution in [0, 0.1) is 18.6 Å². The van der Waals surface area contributed by atoms with Crippen LogP contribution in [-0.4, -0.2) is 15.9 Å². The number of nitrogens with zero attached hydrogens (tertiary/aromatic N) is 2. The van der Waals surface area contributed by atoms with E-state index in [0.717, 1.165) is 17.7 Å². The highest BCUT2D eigenvalue weighted by Gasteiger charge is 2.10. The van der Waals surface area contributed by atoms with Gasteiger partial charge in [-0.15, -0.1) is 0 Å². The molecule has 0 unspecified atom stereocenters. The highest BCUT2D eigenvalue weighted by molar-refractivity contribution is 6.02. The van der Waals surface area contributed by atoms with Crippen LogP contribution in [0.2, 0.25) is 0 Å². The lowest BCUT2D eigenvalue weighted by Gasteiger charge is -2.08. The van der Waals surface area contributed by atoms with Crippen molar-refractivity contribution in [2.24, 2.45) is 0 Å². The maximum Gasteiger partial charge on any atom is 0.275 e. The zero-order chi connectivity index (χ0) is 18.5. The number of carbonyl (C=O) groups excluding carboxylic acids is 1. The Hall–Kier alpha value is -3.35. The van der Waals surface area contributed by atoms with Crippen molar-refractivity contribution in [3.63, 3.8) is 0 Å². The molecule has 0 radical (unpaired) electrons. The zero-order valence-corrected chi connectivity index (χ0v) is 14.0. The van der Waals surface area contributed by atoms with Gasteiger partial charge in [-0.1, -0.05) is 29.8 Å². The number of aromatic nitrogens is 2. The first-order chi connectivity index (χ1) is 12.5. The molecule has 1 heterocycles. The van der Waals surface area contributed by atoms with Crippen LogP contribution < -0.4 is 10.6 Å². The lowest BCUT2D eigenvalue weighted by Crippen LogP contribution is -2.14. The molecule has 0 aliphatic heterocycles. The fourth-order valence-electron chi connectivity index (χ4n) is 2.32. The molecule has 132 valence electrons. The zero-order valence-electron chi connectivity index (χ0n) is 14.0. The van der Waals surface area contributed by atoms with Crippen molar-refractivity contribution in [3.8, 4) is 0 Å². The quantitative estimate of drug-likeness (QED) is 0.729. The molecular formula is C19H16F2N4O. The molecule has 0 saturated heterocycles. The molecule has 2 N–H and O–H groups in total. The lowest BCUT2D eigenvalue weighted by molar-refractivity contribution is 0.102. The number of carbonyl (C=O) groups is 1. The molecule has 0 fully saturated rings. The first kappa shape index (κ1) is 17.5. The molecule has 0 atom stereocenters. The first-order valence-corrected chi connectivity index (χ1v) is 7.89. The van der Waals surface area contributed by atoms with Crippen LogP contribution in [0.1, 0.15) is 21.6 Å². The Morgan fingerprint density at radius 2 is 1.88 bits per heavy atom. The van der Waals surface area contributed by atoms with Crippen molar-refractivity contribution in [1.29, 1.82) is 0 Å². The maximum absolute atomic E-state index is 13.2. The van der Waals surface area contributed by atoms with Crippen molar-refractivity contribution >= 4 is 17.4 Å². The summed E-state index contributed by atoms with van der Waals surface area (Å²) in [5.41, 5.74) is 2.47. The highest BCUT2D eigenvalue weighted by atomic mass is 19.2. The van der Waals surface area contributed by atoms with E-state index in [9.17, 15) is 13.6 Å². The molecule has 7 heteroatoms. The van der Waals surface area contributed by atoms with Gasteiger partial charge in [-0.3, -0.25) is 4.79 Å². The van der Waals surface area contributed by atoms with Gasteiger partial charge >= 0.3 is 0 Å². The minimum Gasteiger partial charge on any atom is -0.365 e. The minimum absolute atomic E-state index is 0.0656. The number of aryl methyl sites for hydroxylation is 1. The second-order valence-corrected chi connectivity index (χ2v) is 5.71. The van der Waals surface area contributed by atoms with Gasteiger partial charge in [-0.25, -0.2) is 18.7 Å². The van der Waals surface area contributed by atoms with Gasteiger partial charge in [-0.2, -0.15) is 0 Å². The topological polar surface area (TPSA) is 66.9 Å². The third-order valence-corrected chi connectivity index (χ3v) is 3.62. The molecule has 2 aromatic carbocycles. The van der Waals surface area contributed by atoms with E-state index in [2.05, 4.69) is 26.7 Å². The van der Waals surface area contributed by atoms with Crippen LogP contribution in [0.4, 0.5) is 20.3 Å². The number of amides is 1. The summed E-state index contributed by atoms with van der Waals surface area (Å²) in [6.07, 6.45) is 2.75. The van der Waals surface area contributed by atoms with Gasteiger partial charge in [0.15, 0.2) is 11.6 Å². The normalized spacial score (nSPS) is 10.4. The van der Waals surface area contributed by atoms with Gasteiger partial charge in [0.1, 0.15) is 11.5 Å². The van der Waals surface area contributed by atoms with Crippen LogP contribution in [0.15, 0.2) is 54.9 Å². The summed E-state index contributed by atoms with van der Waals surface area (Å²) in [6.45, 7) is 2.60. The van der Waals surface area contributed by atoms with Crippen LogP contribution in [-0.2, 0) is 6.54 Å². The van der Waals surface area contributed by atoms with Crippen LogP contribution >= 0.6 is 0 Å². The molecule has 3 aromatic rings. The number of nitrogens with one attached hydrogen (secondary N) is 2. The summed E-state index contributed by atoms with van der Waals surface area (Å²) in [6, 6.07) is 11.2. The lowest BCUT2D eigenvalue weighted by atomic mass is 10.1. The van der Waals surface area contributed by atoms with Gasteiger partial charge < -0.3 is 10.6 Å². The fourth-order valence-corrected chi connectivity index (χ4v) is 2.32. The largest absolute Gasteiger partial charge is 0.365 e. The van der Waals surface area contributed by atoms with Crippen molar-refractivity contribution < 1.29 is 13.6 Å². The summed E-state index contributed by atoms with van der Waals surface area (Å²) in [5.74, 6) is -2.05. The van der Waals surface area contributed by atoms with Crippen LogP contribution in [0.3, 0.4) is 0 Å². The van der Waals surface area contributed by atoms with E-state index in [1.54, 1.807) is 0 Å². The van der Waals surface area contributed by atoms with Crippen molar-refractivity contribution in [1.82, 2.24) is 9.97 Å². The van der Waals surface area contributed by atoms with Crippen molar-refractivity contribution in [3.05, 3.63) is 83.3 Å². The Labute approximate surface area is 149 Å². The first-order valence-electron chi connectivity index (χ1n) is 7.89. The van der Waals surface area contributed by atoms with E-state index < -0.39 is 17.5 Å². The molecule has 5 nitrogen and oxygen atoms in total. The predicted octanol–water partition coefficient (Wildman–Crippen LogP) is 3.93. The number of hydrogen-bond donors (Lipinski definition) is 2. The van der Waals surface area contributed by atoms with Crippen molar-refractivity contribution in [2.75, 3.05) is 10.6 Å². The third kappa shape index (κ3) is 4.38. The average Bonchev–Trinajstić information content (AvgIpc) is 2.63. The SMILES string of the molecule is Cc1cccc(CNc2cnc(C(=O)Nc3ccc(F)c(F)c3)cn2)c1. The summed E-state index contributed by atoms with van der Waals surface area (Å²) < 4.78 is 26.1. The third-order valence-electron chi connectivity index (χ3n) is 3.62. The van der Waals surface area contributed by atoms with Crippen molar-refractivity contribution in [2.45, 2.75) is 13.5 Å². The maximum atomic E-state index is 13.2. The number of hydrogen-bond acceptors (Lipinski definition) is 4. The van der Waals surface area contributed by atoms with Gasteiger partial charge in [0.05, 0.1) is 12.4 Å². The standard InChI is InChI=1S/C19H16F2N4O/c1-12-3-2-4-13(7-12)9-23-18-11-22-17(10-24-18)19(26)25-14-5-6-15(20)16(21)8-14/h2-8,10-11H,9H2,1H3,(H,23,24)(H,25,26). The van der Waals surface area contributed by atoms with Gasteiger partial charge in [-0.05, 0) is 24.6 Å². The molecule has 26 heavy (non-hydrogen) atoms. The monoisotopic (exact) mass is 354 g/mol. The molecule has 0 aliphatic rings. The molecule has 1 amide bonds. The van der Waals surface area contributed by atoms with E-state index in [4.69, 9.17) is 0 Å². The number of anilines is 2. The van der Waals surface area contributed by atoms with E-state index in [1.165, 1.54) is 24.0 Å². The smallest absolute Gasteiger partial charge is 0.275 e. The van der Waals surface area contributed by atoms with E-state index in [0.29, 0.717) is 12.4 Å². The average molecular weight is 354 g/mol. The second-order valence-electron chi connectivity index (χ2n) is 5.71. The Kier molecular flexibility index (Phi) is 5.17. The number of rotatable bonds is 5. The van der Waals surface area contributed by atoms with Crippen LogP contribution in [0.25, 0.3) is 0 Å². The fraction of sp³-hybridized carbons (Fsp3) is 0.105. The van der Waals surface area contributed by atoms with E-state index in [-0.39, 0.29) is 11.4 Å². The summed E-state index contributed by atoms with van der Waals surface area (Å²) in [7, 11) is 0. The van der Waals surface area contributed by atoms with Gasteiger partial charge in [0.25, 0.3) is 5.91 Å². The Morgan fingerprint density at radius 1 is 1.04 bits per heavy atom.